The molecule has 34 heavy (non-hydrogen) atoms. The van der Waals surface area contributed by atoms with Crippen LogP contribution >= 0.6 is 0 Å². The first-order valence-corrected chi connectivity index (χ1v) is 10.6. The number of benzene rings is 2. The van der Waals surface area contributed by atoms with Gasteiger partial charge in [0.05, 0.1) is 30.5 Å². The number of hydrogen-bond donors (Lipinski definition) is 0. The van der Waals surface area contributed by atoms with E-state index in [1.807, 2.05) is 6.07 Å². The summed E-state index contributed by atoms with van der Waals surface area (Å²) in [5.74, 6) is 5.82. The maximum atomic E-state index is 14.9. The van der Waals surface area contributed by atoms with Gasteiger partial charge in [0.2, 0.25) is 0 Å². The molecule has 0 unspecified atom stereocenters. The van der Waals surface area contributed by atoms with Gasteiger partial charge in [0.25, 0.3) is 0 Å². The summed E-state index contributed by atoms with van der Waals surface area (Å²) in [6.07, 6.45) is 4.86. The molecule has 0 radical (unpaired) electrons. The van der Waals surface area contributed by atoms with Crippen LogP contribution in [-0.2, 0) is 4.74 Å². The van der Waals surface area contributed by atoms with Crippen LogP contribution in [-0.4, -0.2) is 29.7 Å². The van der Waals surface area contributed by atoms with Gasteiger partial charge in [-0.2, -0.15) is 0 Å². The number of aromatic nitrogens is 2. The molecule has 0 saturated carbocycles. The predicted molar refractivity (Wildman–Crippen MR) is 128 cm³/mol. The SMILES string of the molecule is CCOC(=O)c1ccnc(-c2cc(OC)c(C#Cc3cccnc3)cc2-c2ccccc2F)c1. The average Bonchev–Trinajstić information content (AvgIpc) is 2.88. The Morgan fingerprint density at radius 1 is 0.971 bits per heavy atom. The fourth-order valence-electron chi connectivity index (χ4n) is 3.46. The normalized spacial score (nSPS) is 10.2. The Kier molecular flexibility index (Phi) is 6.95. The summed E-state index contributed by atoms with van der Waals surface area (Å²) >= 11 is 0. The van der Waals surface area contributed by atoms with Gasteiger partial charge in [-0.25, -0.2) is 9.18 Å². The number of esters is 1. The van der Waals surface area contributed by atoms with Crippen molar-refractivity contribution in [1.29, 1.82) is 0 Å². The lowest BCUT2D eigenvalue weighted by Gasteiger charge is -2.15. The van der Waals surface area contributed by atoms with E-state index in [-0.39, 0.29) is 12.4 Å². The van der Waals surface area contributed by atoms with Crippen molar-refractivity contribution in [2.45, 2.75) is 6.92 Å². The average molecular weight is 452 g/mol. The van der Waals surface area contributed by atoms with Crippen LogP contribution in [0.4, 0.5) is 4.39 Å². The molecule has 0 spiro atoms. The van der Waals surface area contributed by atoms with Crippen LogP contribution in [0.2, 0.25) is 0 Å². The van der Waals surface area contributed by atoms with E-state index in [2.05, 4.69) is 21.8 Å². The molecule has 4 rings (SSSR count). The van der Waals surface area contributed by atoms with Crippen LogP contribution in [0, 0.1) is 17.7 Å². The maximum Gasteiger partial charge on any atom is 0.338 e. The summed E-state index contributed by atoms with van der Waals surface area (Å²) in [4.78, 5) is 20.8. The Bertz CT molecular complexity index is 1390. The van der Waals surface area contributed by atoms with Crippen molar-refractivity contribution in [2.75, 3.05) is 13.7 Å². The number of methoxy groups -OCH3 is 1. The number of nitrogens with zero attached hydrogens (tertiary/aromatic N) is 2. The highest BCUT2D eigenvalue weighted by Gasteiger charge is 2.18. The molecule has 0 aliphatic rings. The zero-order chi connectivity index (χ0) is 23.9. The lowest BCUT2D eigenvalue weighted by atomic mass is 9.93. The molecular weight excluding hydrogens is 431 g/mol. The highest BCUT2D eigenvalue weighted by molar-refractivity contribution is 5.92. The first-order valence-electron chi connectivity index (χ1n) is 10.6. The molecule has 2 heterocycles. The Hall–Kier alpha value is -4.50. The molecule has 2 aromatic carbocycles. The van der Waals surface area contributed by atoms with Gasteiger partial charge in [0.15, 0.2) is 0 Å². The van der Waals surface area contributed by atoms with Crippen molar-refractivity contribution in [3.05, 3.63) is 102 Å². The summed E-state index contributed by atoms with van der Waals surface area (Å²) in [7, 11) is 1.54. The summed E-state index contributed by atoms with van der Waals surface area (Å²) in [5.41, 5.74) is 3.70. The standard InChI is InChI=1S/C28H21FN2O3/c1-3-34-28(32)21-12-14-31-26(16-21)24-17-27(33-2)20(11-10-19-7-6-13-30-18-19)15-23(24)22-8-4-5-9-25(22)29/h4-9,12-18H,3H2,1-2H3. The number of halogens is 1. The molecule has 6 heteroatoms. The molecule has 0 N–H and O–H groups in total. The number of carbonyl (C=O) groups is 1. The van der Waals surface area contributed by atoms with Crippen LogP contribution in [0.15, 0.2) is 79.3 Å². The minimum atomic E-state index is -0.454. The van der Waals surface area contributed by atoms with Gasteiger partial charge in [0.1, 0.15) is 11.6 Å². The van der Waals surface area contributed by atoms with Gasteiger partial charge in [0, 0.05) is 35.3 Å². The van der Waals surface area contributed by atoms with Gasteiger partial charge < -0.3 is 9.47 Å². The first-order chi connectivity index (χ1) is 16.6. The molecule has 0 atom stereocenters. The fraction of sp³-hybridized carbons (Fsp3) is 0.107. The Labute approximate surface area is 197 Å². The number of pyridine rings is 2. The zero-order valence-corrected chi connectivity index (χ0v) is 18.7. The lowest BCUT2D eigenvalue weighted by molar-refractivity contribution is 0.0526. The van der Waals surface area contributed by atoms with Crippen LogP contribution in [0.1, 0.15) is 28.4 Å². The smallest absolute Gasteiger partial charge is 0.338 e. The number of hydrogen-bond acceptors (Lipinski definition) is 5. The largest absolute Gasteiger partial charge is 0.495 e. The molecule has 0 aliphatic heterocycles. The Balaban J connectivity index is 1.92. The topological polar surface area (TPSA) is 61.3 Å². The third-order valence-corrected chi connectivity index (χ3v) is 5.05. The highest BCUT2D eigenvalue weighted by Crippen LogP contribution is 2.37. The minimum absolute atomic E-state index is 0.259. The second-order valence-electron chi connectivity index (χ2n) is 7.22. The molecular formula is C28H21FN2O3. The Morgan fingerprint density at radius 3 is 2.56 bits per heavy atom. The van der Waals surface area contributed by atoms with Crippen molar-refractivity contribution in [2.24, 2.45) is 0 Å². The van der Waals surface area contributed by atoms with Gasteiger partial charge in [-0.05, 0) is 55.0 Å². The second-order valence-corrected chi connectivity index (χ2v) is 7.22. The third kappa shape index (κ3) is 4.94. The summed E-state index contributed by atoms with van der Waals surface area (Å²) < 4.78 is 25.6. The molecule has 0 aliphatic carbocycles. The van der Waals surface area contributed by atoms with E-state index in [1.165, 1.54) is 12.3 Å². The number of rotatable bonds is 5. The maximum absolute atomic E-state index is 14.9. The predicted octanol–water partition coefficient (Wildman–Crippen LogP) is 5.53. The molecule has 168 valence electrons. The minimum Gasteiger partial charge on any atom is -0.495 e. The van der Waals surface area contributed by atoms with Crippen LogP contribution in [0.5, 0.6) is 5.75 Å². The number of carbonyl (C=O) groups excluding carboxylic acids is 1. The van der Waals surface area contributed by atoms with Gasteiger partial charge in [-0.3, -0.25) is 9.97 Å². The van der Waals surface area contributed by atoms with Crippen LogP contribution in [0.25, 0.3) is 22.4 Å². The van der Waals surface area contributed by atoms with Gasteiger partial charge >= 0.3 is 5.97 Å². The van der Waals surface area contributed by atoms with Crippen molar-refractivity contribution < 1.29 is 18.7 Å². The molecule has 0 fully saturated rings. The highest BCUT2D eigenvalue weighted by atomic mass is 19.1. The van der Waals surface area contributed by atoms with E-state index >= 15 is 0 Å². The third-order valence-electron chi connectivity index (χ3n) is 5.05. The number of ether oxygens (including phenoxy) is 2. The lowest BCUT2D eigenvalue weighted by Crippen LogP contribution is -2.05. The summed E-state index contributed by atoms with van der Waals surface area (Å²) in [6, 6.07) is 16.9. The van der Waals surface area contributed by atoms with E-state index in [4.69, 9.17) is 9.47 Å². The molecule has 4 aromatic rings. The molecule has 0 bridgehead atoms. The van der Waals surface area contributed by atoms with Crippen molar-refractivity contribution in [3.63, 3.8) is 0 Å². The summed E-state index contributed by atoms with van der Waals surface area (Å²) in [5, 5.41) is 0. The van der Waals surface area contributed by atoms with E-state index in [1.54, 1.807) is 75.0 Å². The Morgan fingerprint density at radius 2 is 1.82 bits per heavy atom. The van der Waals surface area contributed by atoms with E-state index in [0.717, 1.165) is 5.56 Å². The van der Waals surface area contributed by atoms with E-state index < -0.39 is 5.97 Å². The van der Waals surface area contributed by atoms with Gasteiger partial charge in [-0.15, -0.1) is 0 Å². The first kappa shape index (κ1) is 22.7. The van der Waals surface area contributed by atoms with Crippen molar-refractivity contribution in [3.8, 4) is 40.0 Å². The van der Waals surface area contributed by atoms with E-state index in [0.29, 0.717) is 39.3 Å². The molecule has 0 saturated heterocycles. The van der Waals surface area contributed by atoms with E-state index in [9.17, 15) is 9.18 Å². The fourth-order valence-corrected chi connectivity index (χ4v) is 3.46. The molecule has 2 aromatic heterocycles. The zero-order valence-electron chi connectivity index (χ0n) is 18.7. The van der Waals surface area contributed by atoms with Crippen molar-refractivity contribution in [1.82, 2.24) is 9.97 Å². The van der Waals surface area contributed by atoms with Gasteiger partial charge in [-0.1, -0.05) is 30.0 Å². The summed E-state index contributed by atoms with van der Waals surface area (Å²) in [6.45, 7) is 2.00. The molecule has 5 nitrogen and oxygen atoms in total. The second kappa shape index (κ2) is 10.4. The quantitative estimate of drug-likeness (QED) is 0.294. The van der Waals surface area contributed by atoms with Crippen LogP contribution < -0.4 is 4.74 Å². The van der Waals surface area contributed by atoms with Crippen molar-refractivity contribution >= 4 is 5.97 Å². The van der Waals surface area contributed by atoms with Crippen LogP contribution in [0.3, 0.4) is 0 Å². The monoisotopic (exact) mass is 452 g/mol. The molecule has 0 amide bonds.